The Bertz CT molecular complexity index is 1140. The maximum absolute atomic E-state index is 12.6. The lowest BCUT2D eigenvalue weighted by molar-refractivity contribution is 0.0998. The Morgan fingerprint density at radius 2 is 1.80 bits per heavy atom. The fourth-order valence-electron chi connectivity index (χ4n) is 2.82. The van der Waals surface area contributed by atoms with Crippen molar-refractivity contribution in [3.8, 4) is 0 Å². The van der Waals surface area contributed by atoms with Crippen molar-refractivity contribution in [3.05, 3.63) is 64.5 Å². The molecule has 124 valence electrons. The van der Waals surface area contributed by atoms with Crippen LogP contribution in [0.15, 0.2) is 48.5 Å². The van der Waals surface area contributed by atoms with E-state index in [2.05, 4.69) is 17.4 Å². The number of thiophene rings is 2. The summed E-state index contributed by atoms with van der Waals surface area (Å²) >= 11 is 3.19. The van der Waals surface area contributed by atoms with Gasteiger partial charge in [0.2, 0.25) is 5.91 Å². The normalized spacial score (nSPS) is 11.1. The largest absolute Gasteiger partial charge is 0.366 e. The summed E-state index contributed by atoms with van der Waals surface area (Å²) in [5, 5.41) is 4.08. The van der Waals surface area contributed by atoms with Gasteiger partial charge in [-0.2, -0.15) is 0 Å². The minimum Gasteiger partial charge on any atom is -0.366 e. The number of anilines is 1. The number of nitrogens with one attached hydrogen (secondary N) is 1. The Morgan fingerprint density at radius 1 is 1.00 bits per heavy atom. The first-order valence-corrected chi connectivity index (χ1v) is 9.29. The van der Waals surface area contributed by atoms with E-state index in [9.17, 15) is 9.59 Å². The van der Waals surface area contributed by atoms with Gasteiger partial charge in [-0.3, -0.25) is 9.59 Å². The highest BCUT2D eigenvalue weighted by atomic mass is 32.1. The van der Waals surface area contributed by atoms with E-state index in [-0.39, 0.29) is 5.91 Å². The predicted molar refractivity (Wildman–Crippen MR) is 105 cm³/mol. The topological polar surface area (TPSA) is 72.2 Å². The summed E-state index contributed by atoms with van der Waals surface area (Å²) < 4.78 is 3.50. The second-order valence-corrected chi connectivity index (χ2v) is 7.89. The molecule has 0 aliphatic rings. The van der Waals surface area contributed by atoms with E-state index in [0.717, 1.165) is 15.0 Å². The number of primary amides is 1. The van der Waals surface area contributed by atoms with Gasteiger partial charge < -0.3 is 11.1 Å². The van der Waals surface area contributed by atoms with E-state index < -0.39 is 5.91 Å². The summed E-state index contributed by atoms with van der Waals surface area (Å²) in [6, 6.07) is 15.2. The van der Waals surface area contributed by atoms with Crippen LogP contribution in [0.1, 0.15) is 25.6 Å². The van der Waals surface area contributed by atoms with Gasteiger partial charge in [0, 0.05) is 26.0 Å². The molecule has 4 aromatic rings. The lowest BCUT2D eigenvalue weighted by Crippen LogP contribution is -2.14. The lowest BCUT2D eigenvalue weighted by Gasteiger charge is -2.07. The first-order valence-electron chi connectivity index (χ1n) is 7.66. The minimum atomic E-state index is -0.472. The Balaban J connectivity index is 1.64. The highest BCUT2D eigenvalue weighted by Crippen LogP contribution is 2.39. The summed E-state index contributed by atoms with van der Waals surface area (Å²) in [4.78, 5) is 24.5. The quantitative estimate of drug-likeness (QED) is 0.548. The van der Waals surface area contributed by atoms with Crippen molar-refractivity contribution in [1.82, 2.24) is 0 Å². The Labute approximate surface area is 151 Å². The van der Waals surface area contributed by atoms with Crippen molar-refractivity contribution in [3.63, 3.8) is 0 Å². The number of aryl methyl sites for hydroxylation is 1. The molecule has 0 unspecified atom stereocenters. The number of nitrogens with two attached hydrogens (primary N) is 1. The number of carbonyl (C=O) groups is 2. The monoisotopic (exact) mass is 366 g/mol. The number of rotatable bonds is 3. The Kier molecular flexibility index (Phi) is 3.78. The molecule has 6 heteroatoms. The fourth-order valence-corrected chi connectivity index (χ4v) is 5.24. The third kappa shape index (κ3) is 2.79. The minimum absolute atomic E-state index is 0.149. The molecular weight excluding hydrogens is 352 g/mol. The van der Waals surface area contributed by atoms with Crippen LogP contribution < -0.4 is 11.1 Å². The molecule has 0 atom stereocenters. The summed E-state index contributed by atoms with van der Waals surface area (Å²) in [7, 11) is 0. The summed E-state index contributed by atoms with van der Waals surface area (Å²) in [5.41, 5.74) is 7.16. The van der Waals surface area contributed by atoms with Crippen LogP contribution in [0, 0.1) is 6.92 Å². The van der Waals surface area contributed by atoms with Crippen LogP contribution in [-0.4, -0.2) is 11.8 Å². The van der Waals surface area contributed by atoms with E-state index in [4.69, 9.17) is 5.73 Å². The lowest BCUT2D eigenvalue weighted by atomic mass is 10.1. The van der Waals surface area contributed by atoms with Crippen LogP contribution in [0.25, 0.3) is 19.5 Å². The molecule has 25 heavy (non-hydrogen) atoms. The molecule has 0 radical (unpaired) electrons. The average Bonchev–Trinajstić information content (AvgIpc) is 3.12. The Morgan fingerprint density at radius 3 is 2.56 bits per heavy atom. The molecular formula is C19H14N2O2S2. The number of hydrogen-bond acceptors (Lipinski definition) is 4. The predicted octanol–water partition coefficient (Wildman–Crippen LogP) is 4.78. The molecule has 2 aromatic carbocycles. The van der Waals surface area contributed by atoms with Crippen LogP contribution in [0.4, 0.5) is 5.69 Å². The standard InChI is InChI=1S/C19H14N2O2S2/c1-10-8-11(6-7-12(10)18(20)22)21-19(23)16-9-15-17(25-16)13-4-2-3-5-14(13)24-15/h2-9H,1H3,(H2,20,22)(H,21,23). The SMILES string of the molecule is Cc1cc(NC(=O)c2cc3sc4ccccc4c3s2)ccc1C(N)=O. The molecule has 0 aliphatic carbocycles. The molecule has 2 heterocycles. The molecule has 0 fully saturated rings. The third-order valence-electron chi connectivity index (χ3n) is 4.02. The van der Waals surface area contributed by atoms with Gasteiger partial charge in [-0.25, -0.2) is 0 Å². The second-order valence-electron chi connectivity index (χ2n) is 5.75. The zero-order valence-corrected chi connectivity index (χ0v) is 15.0. The molecule has 2 amide bonds. The zero-order valence-electron chi connectivity index (χ0n) is 13.3. The van der Waals surface area contributed by atoms with Crippen molar-refractivity contribution in [2.45, 2.75) is 6.92 Å². The van der Waals surface area contributed by atoms with Gasteiger partial charge in [0.05, 0.1) is 9.58 Å². The maximum Gasteiger partial charge on any atom is 0.265 e. The van der Waals surface area contributed by atoms with Crippen LogP contribution in [0.3, 0.4) is 0 Å². The summed E-state index contributed by atoms with van der Waals surface area (Å²) in [6.45, 7) is 1.79. The highest BCUT2D eigenvalue weighted by molar-refractivity contribution is 7.33. The van der Waals surface area contributed by atoms with Crippen LogP contribution in [-0.2, 0) is 0 Å². The van der Waals surface area contributed by atoms with Gasteiger partial charge >= 0.3 is 0 Å². The molecule has 0 saturated carbocycles. The van der Waals surface area contributed by atoms with E-state index in [1.165, 1.54) is 21.4 Å². The molecule has 3 N–H and O–H groups in total. The first-order chi connectivity index (χ1) is 12.0. The van der Waals surface area contributed by atoms with Crippen molar-refractivity contribution >= 4 is 59.7 Å². The van der Waals surface area contributed by atoms with Gasteiger partial charge in [0.1, 0.15) is 0 Å². The second kappa shape index (κ2) is 5.98. The number of hydrogen-bond donors (Lipinski definition) is 2. The molecule has 0 bridgehead atoms. The van der Waals surface area contributed by atoms with Crippen molar-refractivity contribution in [2.75, 3.05) is 5.32 Å². The Hall–Kier alpha value is -2.70. The van der Waals surface area contributed by atoms with E-state index in [1.807, 2.05) is 18.2 Å². The van der Waals surface area contributed by atoms with Gasteiger partial charge in [-0.05, 0) is 42.8 Å². The molecule has 4 nitrogen and oxygen atoms in total. The average molecular weight is 366 g/mol. The number of fused-ring (bicyclic) bond motifs is 3. The molecule has 0 aliphatic heterocycles. The van der Waals surface area contributed by atoms with Crippen LogP contribution in [0.5, 0.6) is 0 Å². The van der Waals surface area contributed by atoms with Gasteiger partial charge in [-0.1, -0.05) is 18.2 Å². The third-order valence-corrected chi connectivity index (χ3v) is 6.44. The highest BCUT2D eigenvalue weighted by Gasteiger charge is 2.15. The molecule has 2 aromatic heterocycles. The van der Waals surface area contributed by atoms with E-state index >= 15 is 0 Å². The molecule has 0 spiro atoms. The molecule has 4 rings (SSSR count). The van der Waals surface area contributed by atoms with Crippen molar-refractivity contribution in [2.24, 2.45) is 5.73 Å². The molecule has 0 saturated heterocycles. The smallest absolute Gasteiger partial charge is 0.265 e. The summed E-state index contributed by atoms with van der Waals surface area (Å²) in [5.74, 6) is -0.621. The van der Waals surface area contributed by atoms with Crippen LogP contribution in [0.2, 0.25) is 0 Å². The van der Waals surface area contributed by atoms with E-state index in [0.29, 0.717) is 16.1 Å². The van der Waals surface area contributed by atoms with Gasteiger partial charge in [0.25, 0.3) is 5.91 Å². The summed E-state index contributed by atoms with van der Waals surface area (Å²) in [6.07, 6.45) is 0. The van der Waals surface area contributed by atoms with Crippen molar-refractivity contribution < 1.29 is 9.59 Å². The number of benzene rings is 2. The van der Waals surface area contributed by atoms with E-state index in [1.54, 1.807) is 36.5 Å². The maximum atomic E-state index is 12.6. The van der Waals surface area contributed by atoms with Gasteiger partial charge in [0.15, 0.2) is 0 Å². The fraction of sp³-hybridized carbons (Fsp3) is 0.0526. The van der Waals surface area contributed by atoms with Gasteiger partial charge in [-0.15, -0.1) is 22.7 Å². The first kappa shape index (κ1) is 15.8. The van der Waals surface area contributed by atoms with Crippen molar-refractivity contribution in [1.29, 1.82) is 0 Å². The number of amides is 2. The van der Waals surface area contributed by atoms with Crippen LogP contribution >= 0.6 is 22.7 Å². The zero-order chi connectivity index (χ0) is 17.6. The number of carbonyl (C=O) groups excluding carboxylic acids is 2.